The lowest BCUT2D eigenvalue weighted by molar-refractivity contribution is 0.0723. The molecule has 2 aromatic heterocycles. The summed E-state index contributed by atoms with van der Waals surface area (Å²) in [5.41, 5.74) is 1.44. The van der Waals surface area contributed by atoms with Gasteiger partial charge in [0.2, 0.25) is 0 Å². The minimum absolute atomic E-state index is 0.0768. The second-order valence-corrected chi connectivity index (χ2v) is 10.3. The maximum Gasteiger partial charge on any atom is 0.255 e. The first-order chi connectivity index (χ1) is 11.5. The van der Waals surface area contributed by atoms with Gasteiger partial charge in [-0.3, -0.25) is 9.78 Å². The summed E-state index contributed by atoms with van der Waals surface area (Å²) in [5, 5.41) is 1.95. The topological polar surface area (TPSA) is 67.3 Å². The summed E-state index contributed by atoms with van der Waals surface area (Å²) in [5.74, 6) is -0.0226. The third-order valence-corrected chi connectivity index (χ3v) is 8.80. The van der Waals surface area contributed by atoms with Crippen molar-refractivity contribution in [3.05, 3.63) is 29.3 Å². The number of carbonyl (C=O) groups excluding carboxylic acids is 1. The van der Waals surface area contributed by atoms with Gasteiger partial charge in [0.05, 0.1) is 26.3 Å². The molecule has 0 unspecified atom stereocenters. The van der Waals surface area contributed by atoms with Gasteiger partial charge in [-0.15, -0.1) is 11.3 Å². The molecule has 1 amide bonds. The molecular weight excluding hydrogens is 344 g/mol. The molecule has 2 aliphatic rings. The van der Waals surface area contributed by atoms with Gasteiger partial charge >= 0.3 is 0 Å². The smallest absolute Gasteiger partial charge is 0.255 e. The minimum Gasteiger partial charge on any atom is -0.336 e. The molecule has 0 aromatic carbocycles. The Morgan fingerprint density at radius 1 is 1.25 bits per heavy atom. The Morgan fingerprint density at radius 3 is 2.83 bits per heavy atom. The summed E-state index contributed by atoms with van der Waals surface area (Å²) >= 11 is 1.56. The number of sulfone groups is 1. The summed E-state index contributed by atoms with van der Waals surface area (Å²) in [6.07, 6.45) is 5.93. The highest BCUT2D eigenvalue weighted by Gasteiger charge is 2.49. The molecule has 1 saturated carbocycles. The second kappa shape index (κ2) is 5.81. The summed E-state index contributed by atoms with van der Waals surface area (Å²) in [6.45, 7) is 0.613. The zero-order valence-corrected chi connectivity index (χ0v) is 15.0. The largest absolute Gasteiger partial charge is 0.336 e. The molecule has 1 saturated heterocycles. The van der Waals surface area contributed by atoms with Gasteiger partial charge < -0.3 is 4.90 Å². The average Bonchev–Trinajstić information content (AvgIpc) is 3.05. The molecule has 3 heterocycles. The van der Waals surface area contributed by atoms with E-state index in [0.29, 0.717) is 24.9 Å². The fourth-order valence-electron chi connectivity index (χ4n) is 3.96. The van der Waals surface area contributed by atoms with Crippen LogP contribution in [-0.2, 0) is 9.84 Å². The van der Waals surface area contributed by atoms with Crippen molar-refractivity contribution < 1.29 is 13.2 Å². The predicted molar refractivity (Wildman–Crippen MR) is 95.1 cm³/mol. The van der Waals surface area contributed by atoms with E-state index in [9.17, 15) is 13.2 Å². The average molecular weight is 364 g/mol. The van der Waals surface area contributed by atoms with Gasteiger partial charge in [0.1, 0.15) is 0 Å². The molecule has 1 aliphatic carbocycles. The number of hydrogen-bond acceptors (Lipinski definition) is 5. The van der Waals surface area contributed by atoms with Crippen LogP contribution in [0.3, 0.4) is 0 Å². The van der Waals surface area contributed by atoms with Gasteiger partial charge in [0.25, 0.3) is 5.91 Å². The molecule has 128 valence electrons. The molecule has 0 atom stereocenters. The van der Waals surface area contributed by atoms with Crippen LogP contribution in [0.25, 0.3) is 10.2 Å². The monoisotopic (exact) mass is 364 g/mol. The second-order valence-electron chi connectivity index (χ2n) is 6.82. The highest BCUT2D eigenvalue weighted by Crippen LogP contribution is 2.39. The van der Waals surface area contributed by atoms with Gasteiger partial charge in [-0.05, 0) is 30.4 Å². The van der Waals surface area contributed by atoms with Crippen molar-refractivity contribution in [2.24, 2.45) is 0 Å². The number of aromatic nitrogens is 1. The van der Waals surface area contributed by atoms with E-state index in [-0.39, 0.29) is 18.2 Å². The van der Waals surface area contributed by atoms with E-state index in [0.717, 1.165) is 29.5 Å². The van der Waals surface area contributed by atoms with E-state index in [2.05, 4.69) is 4.98 Å². The SMILES string of the molecule is O=C(c1cnc2ccsc2c1)N1CCS(=O)(=O)C2(CCCCC2)C1. The van der Waals surface area contributed by atoms with Crippen molar-refractivity contribution in [2.45, 2.75) is 36.9 Å². The molecule has 0 bridgehead atoms. The number of carbonyl (C=O) groups is 1. The Bertz CT molecular complexity index is 882. The quantitative estimate of drug-likeness (QED) is 0.780. The zero-order chi connectivity index (χ0) is 16.8. The number of rotatable bonds is 1. The number of nitrogens with zero attached hydrogens (tertiary/aromatic N) is 2. The molecule has 2 aromatic rings. The highest BCUT2D eigenvalue weighted by molar-refractivity contribution is 7.92. The molecule has 1 spiro atoms. The zero-order valence-electron chi connectivity index (χ0n) is 13.4. The third-order valence-electron chi connectivity index (χ3n) is 5.37. The van der Waals surface area contributed by atoms with Crippen LogP contribution in [0.1, 0.15) is 42.5 Å². The number of thiophene rings is 1. The Hall–Kier alpha value is -1.47. The Balaban J connectivity index is 1.63. The van der Waals surface area contributed by atoms with Crippen LogP contribution in [-0.4, -0.2) is 47.8 Å². The predicted octanol–water partition coefficient (Wildman–Crippen LogP) is 2.87. The van der Waals surface area contributed by atoms with E-state index in [1.807, 2.05) is 17.5 Å². The van der Waals surface area contributed by atoms with Crippen LogP contribution in [0.15, 0.2) is 23.7 Å². The molecule has 4 rings (SSSR count). The highest BCUT2D eigenvalue weighted by atomic mass is 32.2. The van der Waals surface area contributed by atoms with E-state index in [4.69, 9.17) is 0 Å². The van der Waals surface area contributed by atoms with Crippen LogP contribution >= 0.6 is 11.3 Å². The molecule has 0 radical (unpaired) electrons. The van der Waals surface area contributed by atoms with Crippen molar-refractivity contribution in [3.63, 3.8) is 0 Å². The molecule has 1 aliphatic heterocycles. The first-order valence-corrected chi connectivity index (χ1v) is 10.9. The maximum atomic E-state index is 12.9. The third kappa shape index (κ3) is 2.54. The van der Waals surface area contributed by atoms with Crippen LogP contribution < -0.4 is 0 Å². The van der Waals surface area contributed by atoms with Crippen LogP contribution in [0.2, 0.25) is 0 Å². The van der Waals surface area contributed by atoms with E-state index < -0.39 is 14.6 Å². The van der Waals surface area contributed by atoms with Gasteiger partial charge in [-0.1, -0.05) is 19.3 Å². The molecule has 2 fully saturated rings. The number of hydrogen-bond donors (Lipinski definition) is 0. The summed E-state index contributed by atoms with van der Waals surface area (Å²) in [6, 6.07) is 3.80. The van der Waals surface area contributed by atoms with Crippen molar-refractivity contribution in [3.8, 4) is 0 Å². The Kier molecular flexibility index (Phi) is 3.88. The van der Waals surface area contributed by atoms with Gasteiger partial charge in [0.15, 0.2) is 9.84 Å². The lowest BCUT2D eigenvalue weighted by Crippen LogP contribution is -2.58. The molecule has 0 N–H and O–H groups in total. The fraction of sp³-hybridized carbons (Fsp3) is 0.529. The van der Waals surface area contributed by atoms with Crippen molar-refractivity contribution in [2.75, 3.05) is 18.8 Å². The molecule has 7 heteroatoms. The Labute approximate surface area is 145 Å². The summed E-state index contributed by atoms with van der Waals surface area (Å²) in [4.78, 5) is 19.0. The van der Waals surface area contributed by atoms with Crippen LogP contribution in [0.5, 0.6) is 0 Å². The fourth-order valence-corrected chi connectivity index (χ4v) is 6.89. The normalized spacial score (nSPS) is 22.8. The maximum absolute atomic E-state index is 12.9. The number of pyridine rings is 1. The standard InChI is InChI=1S/C17H20N2O3S2/c20-16(13-10-15-14(18-11-13)4-8-23-15)19-7-9-24(21,22)17(12-19)5-2-1-3-6-17/h4,8,10-11H,1-3,5-7,9,12H2. The van der Waals surface area contributed by atoms with Crippen molar-refractivity contribution >= 4 is 37.3 Å². The van der Waals surface area contributed by atoms with Gasteiger partial charge in [-0.2, -0.15) is 0 Å². The molecule has 24 heavy (non-hydrogen) atoms. The van der Waals surface area contributed by atoms with Crippen molar-refractivity contribution in [1.29, 1.82) is 0 Å². The van der Waals surface area contributed by atoms with Crippen LogP contribution in [0.4, 0.5) is 0 Å². The first-order valence-electron chi connectivity index (χ1n) is 8.36. The number of amides is 1. The lowest BCUT2D eigenvalue weighted by atomic mass is 9.87. The van der Waals surface area contributed by atoms with Gasteiger partial charge in [0, 0.05) is 19.3 Å². The Morgan fingerprint density at radius 2 is 2.04 bits per heavy atom. The summed E-state index contributed by atoms with van der Waals surface area (Å²) in [7, 11) is -3.13. The molecular formula is C17H20N2O3S2. The van der Waals surface area contributed by atoms with Crippen molar-refractivity contribution in [1.82, 2.24) is 9.88 Å². The van der Waals surface area contributed by atoms with E-state index in [1.54, 1.807) is 22.4 Å². The minimum atomic E-state index is -3.13. The molecule has 5 nitrogen and oxygen atoms in total. The lowest BCUT2D eigenvalue weighted by Gasteiger charge is -2.44. The van der Waals surface area contributed by atoms with Crippen LogP contribution in [0, 0.1) is 0 Å². The first kappa shape index (κ1) is 16.0. The number of fused-ring (bicyclic) bond motifs is 1. The van der Waals surface area contributed by atoms with E-state index >= 15 is 0 Å². The summed E-state index contributed by atoms with van der Waals surface area (Å²) < 4.78 is 25.6. The van der Waals surface area contributed by atoms with E-state index in [1.165, 1.54) is 0 Å². The van der Waals surface area contributed by atoms with Gasteiger partial charge in [-0.25, -0.2) is 8.42 Å².